The SMILES string of the molecule is O=Cc1cn(-c2nc(-c3ccc(Cl)cc3)cs2)nc1-c1ccc(Br)cc1. The summed E-state index contributed by atoms with van der Waals surface area (Å²) >= 11 is 10.8. The van der Waals surface area contributed by atoms with Gasteiger partial charge in [-0.1, -0.05) is 51.8 Å². The first-order chi connectivity index (χ1) is 12.6. The number of carbonyl (C=O) groups excluding carboxylic acids is 1. The van der Waals surface area contributed by atoms with Crippen molar-refractivity contribution in [2.75, 3.05) is 0 Å². The lowest BCUT2D eigenvalue weighted by atomic mass is 10.1. The van der Waals surface area contributed by atoms with E-state index >= 15 is 0 Å². The van der Waals surface area contributed by atoms with Crippen molar-refractivity contribution in [2.45, 2.75) is 0 Å². The van der Waals surface area contributed by atoms with E-state index in [1.165, 1.54) is 11.3 Å². The molecule has 0 radical (unpaired) electrons. The highest BCUT2D eigenvalue weighted by atomic mass is 79.9. The topological polar surface area (TPSA) is 47.8 Å². The van der Waals surface area contributed by atoms with Gasteiger partial charge in [-0.05, 0) is 24.3 Å². The number of thiazole rings is 1. The number of nitrogens with zero attached hydrogens (tertiary/aromatic N) is 3. The van der Waals surface area contributed by atoms with Crippen LogP contribution in [-0.4, -0.2) is 21.1 Å². The lowest BCUT2D eigenvalue weighted by molar-refractivity contribution is 0.112. The molecule has 0 amide bonds. The fourth-order valence-corrected chi connectivity index (χ4v) is 3.68. The van der Waals surface area contributed by atoms with Gasteiger partial charge in [0.05, 0.1) is 11.3 Å². The Balaban J connectivity index is 1.71. The molecular weight excluding hydrogens is 434 g/mol. The molecule has 0 spiro atoms. The summed E-state index contributed by atoms with van der Waals surface area (Å²) in [6, 6.07) is 15.2. The van der Waals surface area contributed by atoms with Gasteiger partial charge in [0.25, 0.3) is 0 Å². The van der Waals surface area contributed by atoms with Gasteiger partial charge in [-0.15, -0.1) is 11.3 Å². The van der Waals surface area contributed by atoms with Gasteiger partial charge in [-0.3, -0.25) is 4.79 Å². The zero-order valence-corrected chi connectivity index (χ0v) is 16.4. The molecule has 0 saturated heterocycles. The number of carbonyl (C=O) groups is 1. The van der Waals surface area contributed by atoms with Crippen LogP contribution in [0.2, 0.25) is 5.02 Å². The van der Waals surface area contributed by atoms with Crippen molar-refractivity contribution in [3.8, 4) is 27.6 Å². The molecule has 0 bridgehead atoms. The van der Waals surface area contributed by atoms with Crippen molar-refractivity contribution >= 4 is 45.2 Å². The largest absolute Gasteiger partial charge is 0.298 e. The van der Waals surface area contributed by atoms with Crippen LogP contribution in [0, 0.1) is 0 Å². The number of hydrogen-bond acceptors (Lipinski definition) is 4. The van der Waals surface area contributed by atoms with Crippen LogP contribution in [0.15, 0.2) is 64.6 Å². The highest BCUT2D eigenvalue weighted by molar-refractivity contribution is 9.10. The third kappa shape index (κ3) is 3.35. The van der Waals surface area contributed by atoms with Gasteiger partial charge in [-0.2, -0.15) is 5.10 Å². The van der Waals surface area contributed by atoms with Crippen LogP contribution < -0.4 is 0 Å². The Morgan fingerprint density at radius 3 is 2.42 bits per heavy atom. The molecule has 4 nitrogen and oxygen atoms in total. The third-order valence-electron chi connectivity index (χ3n) is 3.82. The highest BCUT2D eigenvalue weighted by Gasteiger charge is 2.14. The van der Waals surface area contributed by atoms with Gasteiger partial charge in [0, 0.05) is 32.2 Å². The first-order valence-electron chi connectivity index (χ1n) is 7.66. The molecule has 26 heavy (non-hydrogen) atoms. The molecule has 0 unspecified atom stereocenters. The van der Waals surface area contributed by atoms with E-state index in [0.717, 1.165) is 27.6 Å². The molecule has 0 saturated carbocycles. The van der Waals surface area contributed by atoms with E-state index in [1.807, 2.05) is 53.9 Å². The van der Waals surface area contributed by atoms with Gasteiger partial charge in [0.15, 0.2) is 6.29 Å². The summed E-state index contributed by atoms with van der Waals surface area (Å²) in [5, 5.41) is 7.91. The Kier molecular flexibility index (Phi) is 4.72. The molecule has 2 aromatic carbocycles. The van der Waals surface area contributed by atoms with E-state index in [9.17, 15) is 4.79 Å². The lowest BCUT2D eigenvalue weighted by Crippen LogP contribution is -1.94. The normalized spacial score (nSPS) is 10.8. The molecule has 0 N–H and O–H groups in total. The number of halogens is 2. The number of aromatic nitrogens is 3. The molecular formula is C19H11BrClN3OS. The average Bonchev–Trinajstić information content (AvgIpc) is 3.30. The van der Waals surface area contributed by atoms with E-state index in [1.54, 1.807) is 10.9 Å². The summed E-state index contributed by atoms with van der Waals surface area (Å²) in [4.78, 5) is 16.1. The van der Waals surface area contributed by atoms with E-state index < -0.39 is 0 Å². The fourth-order valence-electron chi connectivity index (χ4n) is 2.53. The maximum atomic E-state index is 11.5. The van der Waals surface area contributed by atoms with Gasteiger partial charge >= 0.3 is 0 Å². The van der Waals surface area contributed by atoms with Gasteiger partial charge in [0.1, 0.15) is 5.69 Å². The van der Waals surface area contributed by atoms with Gasteiger partial charge < -0.3 is 0 Å². The molecule has 0 fully saturated rings. The molecule has 4 rings (SSSR count). The van der Waals surface area contributed by atoms with E-state index in [2.05, 4.69) is 26.0 Å². The molecule has 0 aliphatic carbocycles. The summed E-state index contributed by atoms with van der Waals surface area (Å²) in [5.74, 6) is 0. The van der Waals surface area contributed by atoms with Gasteiger partial charge in [-0.25, -0.2) is 9.67 Å². The van der Waals surface area contributed by atoms with E-state index in [0.29, 0.717) is 21.4 Å². The average molecular weight is 445 g/mol. The Labute approximate surface area is 167 Å². The minimum absolute atomic E-state index is 0.524. The smallest absolute Gasteiger partial charge is 0.210 e. The van der Waals surface area contributed by atoms with Crippen molar-refractivity contribution < 1.29 is 4.79 Å². The minimum Gasteiger partial charge on any atom is -0.298 e. The first-order valence-corrected chi connectivity index (χ1v) is 9.72. The van der Waals surface area contributed by atoms with Crippen LogP contribution in [0.25, 0.3) is 27.6 Å². The third-order valence-corrected chi connectivity index (χ3v) is 5.43. The molecule has 4 aromatic rings. The van der Waals surface area contributed by atoms with Crippen molar-refractivity contribution in [1.29, 1.82) is 0 Å². The number of aldehydes is 1. The summed E-state index contributed by atoms with van der Waals surface area (Å²) in [5.41, 5.74) is 3.86. The van der Waals surface area contributed by atoms with Crippen molar-refractivity contribution in [2.24, 2.45) is 0 Å². The molecule has 2 heterocycles. The standard InChI is InChI=1S/C19H11BrClN3OS/c20-15-5-1-13(2-6-15)18-14(10-25)9-24(23-18)19-22-17(11-26-19)12-3-7-16(21)8-4-12/h1-11H. The summed E-state index contributed by atoms with van der Waals surface area (Å²) < 4.78 is 2.62. The van der Waals surface area contributed by atoms with Crippen LogP contribution >= 0.6 is 38.9 Å². The van der Waals surface area contributed by atoms with Crippen molar-refractivity contribution in [1.82, 2.24) is 14.8 Å². The monoisotopic (exact) mass is 443 g/mol. The summed E-state index contributed by atoms with van der Waals surface area (Å²) in [6.07, 6.45) is 2.52. The van der Waals surface area contributed by atoms with Crippen molar-refractivity contribution in [3.05, 3.63) is 75.2 Å². The second-order valence-corrected chi connectivity index (χ2v) is 7.71. The Morgan fingerprint density at radius 1 is 1.04 bits per heavy atom. The predicted octanol–water partition coefficient (Wildman–Crippen LogP) is 5.89. The molecule has 2 aromatic heterocycles. The zero-order chi connectivity index (χ0) is 18.1. The van der Waals surface area contributed by atoms with Crippen LogP contribution in [0.1, 0.15) is 10.4 Å². The second-order valence-electron chi connectivity index (χ2n) is 5.52. The van der Waals surface area contributed by atoms with Crippen LogP contribution in [0.4, 0.5) is 0 Å². The molecule has 7 heteroatoms. The Morgan fingerprint density at radius 2 is 1.73 bits per heavy atom. The second kappa shape index (κ2) is 7.15. The minimum atomic E-state index is 0.524. The van der Waals surface area contributed by atoms with Crippen LogP contribution in [-0.2, 0) is 0 Å². The van der Waals surface area contributed by atoms with E-state index in [-0.39, 0.29) is 0 Å². The van der Waals surface area contributed by atoms with Gasteiger partial charge in [0.2, 0.25) is 5.13 Å². The number of hydrogen-bond donors (Lipinski definition) is 0. The lowest BCUT2D eigenvalue weighted by Gasteiger charge is -1.98. The molecule has 0 aliphatic heterocycles. The maximum Gasteiger partial charge on any atom is 0.210 e. The number of rotatable bonds is 4. The number of benzene rings is 2. The fraction of sp³-hybridized carbons (Fsp3) is 0. The van der Waals surface area contributed by atoms with Crippen LogP contribution in [0.3, 0.4) is 0 Å². The predicted molar refractivity (Wildman–Crippen MR) is 108 cm³/mol. The molecule has 128 valence electrons. The van der Waals surface area contributed by atoms with Crippen molar-refractivity contribution in [3.63, 3.8) is 0 Å². The zero-order valence-electron chi connectivity index (χ0n) is 13.3. The highest BCUT2D eigenvalue weighted by Crippen LogP contribution is 2.28. The summed E-state index contributed by atoms with van der Waals surface area (Å²) in [7, 11) is 0. The quantitative estimate of drug-likeness (QED) is 0.369. The molecule has 0 atom stereocenters. The first kappa shape index (κ1) is 17.1. The summed E-state index contributed by atoms with van der Waals surface area (Å²) in [6.45, 7) is 0. The van der Waals surface area contributed by atoms with E-state index in [4.69, 9.17) is 11.6 Å². The Hall–Kier alpha value is -2.28. The molecule has 0 aliphatic rings. The maximum absolute atomic E-state index is 11.5. The van der Waals surface area contributed by atoms with Crippen LogP contribution in [0.5, 0.6) is 0 Å². The Bertz CT molecular complexity index is 1070.